The molecule has 26 heteroatoms. The van der Waals surface area contributed by atoms with E-state index in [0.717, 1.165) is 0 Å². The van der Waals surface area contributed by atoms with E-state index in [9.17, 15) is 67.5 Å². The van der Waals surface area contributed by atoms with E-state index >= 15 is 0 Å². The highest BCUT2D eigenvalue weighted by Gasteiger charge is 2.57. The number of aliphatic hydroxyl groups is 1. The Morgan fingerprint density at radius 2 is 0.822 bits per heavy atom. The van der Waals surface area contributed by atoms with Gasteiger partial charge in [-0.05, 0) is 48.5 Å². The highest BCUT2D eigenvalue weighted by molar-refractivity contribution is 8.00. The van der Waals surface area contributed by atoms with Gasteiger partial charge in [0.15, 0.2) is 30.9 Å². The molecule has 1 N–H and O–H groups in total. The van der Waals surface area contributed by atoms with E-state index in [-0.39, 0.29) is 25.7 Å². The molecule has 2 aliphatic rings. The number of carbonyl (C=O) groups excluding carboxylic acids is 4. The van der Waals surface area contributed by atoms with Crippen molar-refractivity contribution in [2.24, 2.45) is 5.92 Å². The molecule has 2 saturated heterocycles. The third-order valence-electron chi connectivity index (χ3n) is 9.59. The van der Waals surface area contributed by atoms with Gasteiger partial charge in [-0.1, -0.05) is 91.9 Å². The molecule has 2 aliphatic heterocycles. The molecule has 0 bridgehead atoms. The number of hydrogen-bond donors (Lipinski definition) is 1. The van der Waals surface area contributed by atoms with Crippen LogP contribution in [0.2, 0.25) is 0 Å². The second kappa shape index (κ2) is 27.0. The Morgan fingerprint density at radius 1 is 0.534 bits per heavy atom. The topological polar surface area (TPSA) is 240 Å². The quantitative estimate of drug-likeness (QED) is 0.0404. The highest BCUT2D eigenvalue weighted by Crippen LogP contribution is 2.33. The Labute approximate surface area is 414 Å². The predicted molar refractivity (Wildman–Crippen MR) is 241 cm³/mol. The van der Waals surface area contributed by atoms with Crippen LogP contribution in [0, 0.1) is 5.92 Å². The molecular weight excluding hydrogens is 1030 g/mol. The fourth-order valence-corrected chi connectivity index (χ4v) is 7.68. The molecule has 0 saturated carbocycles. The smallest absolute Gasteiger partial charge is 0.454 e. The van der Waals surface area contributed by atoms with Gasteiger partial charge in [-0.2, -0.15) is 43.2 Å². The zero-order valence-corrected chi connectivity index (χ0v) is 39.7. The van der Waals surface area contributed by atoms with Gasteiger partial charge < -0.3 is 43.0 Å². The van der Waals surface area contributed by atoms with Crippen molar-refractivity contribution in [3.63, 3.8) is 0 Å². The third kappa shape index (κ3) is 17.3. The molecule has 2 fully saturated rings. The number of halogens is 6. The Balaban J connectivity index is 0.000000251. The van der Waals surface area contributed by atoms with Gasteiger partial charge in [0.05, 0.1) is 48.7 Å². The van der Waals surface area contributed by atoms with Crippen LogP contribution in [0.4, 0.5) is 26.3 Å². The van der Waals surface area contributed by atoms with Crippen LogP contribution in [0.25, 0.3) is 0 Å². The Morgan fingerprint density at radius 3 is 1.14 bits per heavy atom. The molecule has 396 valence electrons. The number of carbonyl (C=O) groups is 4. The van der Waals surface area contributed by atoms with E-state index in [1.165, 1.54) is 6.08 Å². The summed E-state index contributed by atoms with van der Waals surface area (Å²) in [5, 5.41) is 10.4. The van der Waals surface area contributed by atoms with Crippen LogP contribution in [0.15, 0.2) is 147 Å². The molecule has 4 aromatic rings. The highest BCUT2D eigenvalue weighted by atomic mass is 32.3. The van der Waals surface area contributed by atoms with Crippen LogP contribution < -0.4 is 0 Å². The van der Waals surface area contributed by atoms with Crippen LogP contribution in [-0.2, 0) is 61.8 Å². The SMILES string of the molecule is C=CCO[C@@H]1OC[C@@H](C)[C@H](OC(=O)c2ccccc2)C1OC(=O)c1ccccc1.C=CCO[C@@H]1OC[C@@H](O)[C@H](OC(=O)c2ccccc2)C1OC(=O)c1ccccc1.O=S(=O)(OS(=O)(=O)C(F)(F)F)C(F)(F)F. The second-order valence-electron chi connectivity index (χ2n) is 15.0. The number of esters is 4. The molecule has 8 atom stereocenters. The van der Waals surface area contributed by atoms with Crippen molar-refractivity contribution in [2.75, 3.05) is 26.4 Å². The molecule has 0 aliphatic carbocycles. The fraction of sp³-hybridized carbons (Fsp3) is 0.319. The summed E-state index contributed by atoms with van der Waals surface area (Å²) >= 11 is 0. The summed E-state index contributed by atoms with van der Waals surface area (Å²) in [4.78, 5) is 50.3. The lowest BCUT2D eigenvalue weighted by Gasteiger charge is -2.39. The van der Waals surface area contributed by atoms with Crippen LogP contribution in [0.1, 0.15) is 48.4 Å². The first-order valence-electron chi connectivity index (χ1n) is 21.1. The van der Waals surface area contributed by atoms with Gasteiger partial charge >= 0.3 is 55.1 Å². The Bertz CT molecular complexity index is 2480. The summed E-state index contributed by atoms with van der Waals surface area (Å²) in [6, 6.07) is 33.9. The standard InChI is InChI=1S/C23H24O6.C22H22O7.C2F6O5S2/c1-3-14-26-23-20(29-22(25)18-12-8-5-9-13-18)19(16(2)15-27-23)28-21(24)17-10-6-4-7-11-17;1-2-13-26-22-19(29-21(25)16-11-7-4-8-12-16)18(17(23)14-27-22)28-20(24)15-9-5-3-6-10-15;3-1(4,5)14(9,10)13-15(11,12)2(6,7)8/h3-13,16,19-20,23H,1,14-15H2,2H3;2-12,17-19,22-23H,1,13-14H2;/t16-,19+,20?,23-;17-,18+,19?,22-;/m11./s1. The summed E-state index contributed by atoms with van der Waals surface area (Å²) in [6.45, 7) is 9.56. The number of benzene rings is 4. The Hall–Kier alpha value is -6.52. The van der Waals surface area contributed by atoms with Crippen LogP contribution in [-0.4, -0.2) is 126 Å². The lowest BCUT2D eigenvalue weighted by atomic mass is 9.96. The maximum absolute atomic E-state index is 12.6. The van der Waals surface area contributed by atoms with Crippen molar-refractivity contribution >= 4 is 44.1 Å². The molecular formula is C47H46F6O18S2. The van der Waals surface area contributed by atoms with E-state index in [1.54, 1.807) is 115 Å². The zero-order chi connectivity index (χ0) is 54.0. The van der Waals surface area contributed by atoms with Gasteiger partial charge in [-0.25, -0.2) is 19.2 Å². The monoisotopic (exact) mass is 1080 g/mol. The number of hydrogen-bond acceptors (Lipinski definition) is 18. The molecule has 0 aromatic heterocycles. The average molecular weight is 1080 g/mol. The average Bonchev–Trinajstić information content (AvgIpc) is 3.36. The van der Waals surface area contributed by atoms with Gasteiger partial charge in [-0.15, -0.1) is 16.8 Å². The molecule has 0 radical (unpaired) electrons. The van der Waals surface area contributed by atoms with E-state index in [2.05, 4.69) is 13.2 Å². The van der Waals surface area contributed by atoms with Crippen molar-refractivity contribution < 1.29 is 109 Å². The second-order valence-corrected chi connectivity index (χ2v) is 18.3. The first-order valence-corrected chi connectivity index (χ1v) is 24.0. The number of alkyl halides is 6. The number of rotatable bonds is 16. The van der Waals surface area contributed by atoms with Gasteiger partial charge in [0.1, 0.15) is 12.2 Å². The van der Waals surface area contributed by atoms with E-state index in [0.29, 0.717) is 28.9 Å². The van der Waals surface area contributed by atoms with Crippen molar-refractivity contribution in [2.45, 2.75) is 61.0 Å². The summed E-state index contributed by atoms with van der Waals surface area (Å²) < 4.78 is 155. The van der Waals surface area contributed by atoms with Crippen molar-refractivity contribution in [3.05, 3.63) is 169 Å². The molecule has 18 nitrogen and oxygen atoms in total. The van der Waals surface area contributed by atoms with Gasteiger partial charge in [0.25, 0.3) is 0 Å². The van der Waals surface area contributed by atoms with Gasteiger partial charge in [0.2, 0.25) is 0 Å². The lowest BCUT2D eigenvalue weighted by Crippen LogP contribution is -2.57. The summed E-state index contributed by atoms with van der Waals surface area (Å²) in [5.74, 6) is -2.53. The minimum absolute atomic E-state index is 0.125. The fourth-order valence-electron chi connectivity index (χ4n) is 6.12. The summed E-state index contributed by atoms with van der Waals surface area (Å²) in [5.41, 5.74) is -11.1. The normalized spacial score (nSPS) is 22.0. The summed E-state index contributed by atoms with van der Waals surface area (Å²) in [7, 11) is -13.7. The minimum atomic E-state index is -6.85. The first-order chi connectivity index (χ1) is 34.4. The summed E-state index contributed by atoms with van der Waals surface area (Å²) in [6.07, 6.45) is -3.99. The van der Waals surface area contributed by atoms with Crippen molar-refractivity contribution in [1.82, 2.24) is 0 Å². The third-order valence-corrected chi connectivity index (χ3v) is 12.2. The van der Waals surface area contributed by atoms with Crippen molar-refractivity contribution in [1.29, 1.82) is 0 Å². The molecule has 4 aromatic carbocycles. The molecule has 2 heterocycles. The van der Waals surface area contributed by atoms with Crippen LogP contribution >= 0.6 is 0 Å². The van der Waals surface area contributed by atoms with E-state index in [4.69, 9.17) is 37.9 Å². The Kier molecular flexibility index (Phi) is 21.8. The zero-order valence-electron chi connectivity index (χ0n) is 38.0. The van der Waals surface area contributed by atoms with E-state index in [1.807, 2.05) is 22.7 Å². The van der Waals surface area contributed by atoms with Crippen LogP contribution in [0.5, 0.6) is 0 Å². The first kappa shape index (κ1) is 59.0. The molecule has 6 rings (SSSR count). The molecule has 73 heavy (non-hydrogen) atoms. The van der Waals surface area contributed by atoms with Crippen molar-refractivity contribution in [3.8, 4) is 0 Å². The van der Waals surface area contributed by atoms with Crippen LogP contribution in [0.3, 0.4) is 0 Å². The largest absolute Gasteiger partial charge is 0.524 e. The van der Waals surface area contributed by atoms with Gasteiger partial charge in [-0.3, -0.25) is 0 Å². The van der Waals surface area contributed by atoms with Gasteiger partial charge in [0, 0.05) is 5.92 Å². The molecule has 0 spiro atoms. The predicted octanol–water partition coefficient (Wildman–Crippen LogP) is 6.69. The maximum Gasteiger partial charge on any atom is 0.524 e. The van der Waals surface area contributed by atoms with E-state index < -0.39 is 98.2 Å². The minimum Gasteiger partial charge on any atom is -0.454 e. The lowest BCUT2D eigenvalue weighted by molar-refractivity contribution is -0.265. The number of aliphatic hydroxyl groups excluding tert-OH is 1. The molecule has 2 unspecified atom stereocenters. The molecule has 0 amide bonds. The number of ether oxygens (including phenoxy) is 8. The maximum atomic E-state index is 12.6.